The Morgan fingerprint density at radius 3 is 2.79 bits per heavy atom. The van der Waals surface area contributed by atoms with E-state index in [4.69, 9.17) is 9.57 Å². The van der Waals surface area contributed by atoms with Crippen LogP contribution in [0.5, 0.6) is 0 Å². The van der Waals surface area contributed by atoms with Gasteiger partial charge in [-0.15, -0.1) is 0 Å². The van der Waals surface area contributed by atoms with E-state index in [1.165, 1.54) is 0 Å². The molecule has 0 fully saturated rings. The molecule has 0 bridgehead atoms. The van der Waals surface area contributed by atoms with Gasteiger partial charge >= 0.3 is 6.09 Å². The minimum absolute atomic E-state index is 0.307. The molecule has 1 amide bonds. The second-order valence-electron chi connectivity index (χ2n) is 3.74. The maximum absolute atomic E-state index is 11.2. The first-order chi connectivity index (χ1) is 6.47. The van der Waals surface area contributed by atoms with Crippen LogP contribution in [-0.2, 0) is 9.57 Å². The highest BCUT2D eigenvalue weighted by Gasteiger charge is 2.17. The summed E-state index contributed by atoms with van der Waals surface area (Å²) in [5, 5.41) is 2.44. The Labute approximate surface area is 82.7 Å². The van der Waals surface area contributed by atoms with Gasteiger partial charge < -0.3 is 9.57 Å². The molecule has 0 aliphatic carbocycles. The summed E-state index contributed by atoms with van der Waals surface area (Å²) in [6, 6.07) is 0. The molecule has 1 rings (SSSR count). The maximum atomic E-state index is 11.2. The molecule has 1 aliphatic heterocycles. The van der Waals surface area contributed by atoms with Gasteiger partial charge in [0, 0.05) is 12.3 Å². The van der Waals surface area contributed by atoms with Crippen molar-refractivity contribution in [1.82, 2.24) is 10.8 Å². The third kappa shape index (κ3) is 3.84. The number of rotatable bonds is 1. The lowest BCUT2D eigenvalue weighted by molar-refractivity contribution is 0.0450. The Balaban J connectivity index is 2.41. The maximum Gasteiger partial charge on any atom is 0.414 e. The highest BCUT2D eigenvalue weighted by atomic mass is 16.7. The van der Waals surface area contributed by atoms with E-state index in [0.29, 0.717) is 5.88 Å². The van der Waals surface area contributed by atoms with Crippen LogP contribution in [0.1, 0.15) is 20.8 Å². The van der Waals surface area contributed by atoms with Gasteiger partial charge in [-0.2, -0.15) is 0 Å². The van der Waals surface area contributed by atoms with E-state index in [2.05, 4.69) is 10.8 Å². The van der Waals surface area contributed by atoms with Crippen molar-refractivity contribution in [2.24, 2.45) is 0 Å². The molecule has 14 heavy (non-hydrogen) atoms. The minimum Gasteiger partial charge on any atom is -0.444 e. The Kier molecular flexibility index (Phi) is 3.01. The third-order valence-corrected chi connectivity index (χ3v) is 1.20. The molecular formula is C9H14N2O3. The van der Waals surface area contributed by atoms with E-state index in [-0.39, 0.29) is 0 Å². The number of amides is 1. The molecule has 0 spiro atoms. The average Bonchev–Trinajstić information content (AvgIpc) is 2.02. The SMILES string of the molecule is CC(C)(C)OC(=O)NC1=CC=CNO1. The monoisotopic (exact) mass is 198 g/mol. The van der Waals surface area contributed by atoms with Crippen LogP contribution >= 0.6 is 0 Å². The third-order valence-electron chi connectivity index (χ3n) is 1.20. The van der Waals surface area contributed by atoms with Gasteiger partial charge in [0.1, 0.15) is 5.60 Å². The van der Waals surface area contributed by atoms with Gasteiger partial charge in [0.05, 0.1) is 0 Å². The molecular weight excluding hydrogens is 184 g/mol. The van der Waals surface area contributed by atoms with Crippen molar-refractivity contribution in [3.63, 3.8) is 0 Å². The number of allylic oxidation sites excluding steroid dienone is 2. The van der Waals surface area contributed by atoms with Gasteiger partial charge in [0.15, 0.2) is 0 Å². The van der Waals surface area contributed by atoms with Crippen LogP contribution in [0.3, 0.4) is 0 Å². The first-order valence-electron chi connectivity index (χ1n) is 4.26. The highest BCUT2D eigenvalue weighted by molar-refractivity contribution is 5.69. The molecule has 1 aliphatic rings. The van der Waals surface area contributed by atoms with Crippen molar-refractivity contribution in [1.29, 1.82) is 0 Å². The summed E-state index contributed by atoms with van der Waals surface area (Å²) in [5.41, 5.74) is 1.97. The summed E-state index contributed by atoms with van der Waals surface area (Å²) in [6.45, 7) is 5.38. The summed E-state index contributed by atoms with van der Waals surface area (Å²) >= 11 is 0. The Morgan fingerprint density at radius 1 is 1.57 bits per heavy atom. The van der Waals surface area contributed by atoms with E-state index in [9.17, 15) is 4.79 Å². The molecule has 2 N–H and O–H groups in total. The molecule has 0 aromatic rings. The van der Waals surface area contributed by atoms with E-state index in [1.54, 1.807) is 39.1 Å². The lowest BCUT2D eigenvalue weighted by Crippen LogP contribution is -2.34. The van der Waals surface area contributed by atoms with Crippen LogP contribution in [0.25, 0.3) is 0 Å². The van der Waals surface area contributed by atoms with Gasteiger partial charge in [-0.1, -0.05) is 0 Å². The molecule has 0 aromatic heterocycles. The molecule has 78 valence electrons. The molecule has 0 aromatic carbocycles. The fraction of sp³-hybridized carbons (Fsp3) is 0.444. The molecule has 5 heteroatoms. The Bertz CT molecular complexity index is 276. The minimum atomic E-state index is -0.541. The summed E-state index contributed by atoms with van der Waals surface area (Å²) in [5.74, 6) is 0.307. The van der Waals surface area contributed by atoms with Gasteiger partial charge in [0.2, 0.25) is 5.88 Å². The summed E-state index contributed by atoms with van der Waals surface area (Å²) in [6.07, 6.45) is 4.37. The lowest BCUT2D eigenvalue weighted by atomic mass is 10.2. The zero-order chi connectivity index (χ0) is 10.6. The normalized spacial score (nSPS) is 14.9. The van der Waals surface area contributed by atoms with Gasteiger partial charge in [-0.25, -0.2) is 10.3 Å². The average molecular weight is 198 g/mol. The van der Waals surface area contributed by atoms with Crippen molar-refractivity contribution >= 4 is 6.09 Å². The predicted molar refractivity (Wildman–Crippen MR) is 50.8 cm³/mol. The number of nitrogens with one attached hydrogen (secondary N) is 2. The number of alkyl carbamates (subject to hydrolysis) is 1. The number of ether oxygens (including phenoxy) is 1. The number of carbonyl (C=O) groups excluding carboxylic acids is 1. The van der Waals surface area contributed by atoms with E-state index in [1.807, 2.05) is 0 Å². The molecule has 0 atom stereocenters. The standard InChI is InChI=1S/C9H14N2O3/c1-9(2,3)13-8(12)11-7-5-4-6-10-14-7/h4-6,10H,1-3H3,(H,11,12). The second-order valence-corrected chi connectivity index (χ2v) is 3.74. The number of hydroxylamine groups is 1. The van der Waals surface area contributed by atoms with Gasteiger partial charge in [0.25, 0.3) is 0 Å². The fourth-order valence-electron chi connectivity index (χ4n) is 0.778. The topological polar surface area (TPSA) is 59.6 Å². The van der Waals surface area contributed by atoms with E-state index in [0.717, 1.165) is 0 Å². The fourth-order valence-corrected chi connectivity index (χ4v) is 0.778. The molecule has 0 unspecified atom stereocenters. The van der Waals surface area contributed by atoms with Gasteiger partial charge in [-0.3, -0.25) is 5.32 Å². The summed E-state index contributed by atoms with van der Waals surface area (Å²) in [7, 11) is 0. The summed E-state index contributed by atoms with van der Waals surface area (Å²) in [4.78, 5) is 16.1. The molecule has 0 saturated carbocycles. The molecule has 1 heterocycles. The van der Waals surface area contributed by atoms with E-state index >= 15 is 0 Å². The lowest BCUT2D eigenvalue weighted by Gasteiger charge is -2.20. The zero-order valence-corrected chi connectivity index (χ0v) is 8.46. The Morgan fingerprint density at radius 2 is 2.29 bits per heavy atom. The first-order valence-corrected chi connectivity index (χ1v) is 4.26. The first kappa shape index (κ1) is 10.4. The quantitative estimate of drug-likeness (QED) is 0.668. The van der Waals surface area contributed by atoms with Crippen LogP contribution in [0.4, 0.5) is 4.79 Å². The summed E-state index contributed by atoms with van der Waals surface area (Å²) < 4.78 is 5.02. The van der Waals surface area contributed by atoms with E-state index < -0.39 is 11.7 Å². The molecule has 5 nitrogen and oxygen atoms in total. The van der Waals surface area contributed by atoms with Crippen LogP contribution in [0, 0.1) is 0 Å². The van der Waals surface area contributed by atoms with Crippen LogP contribution < -0.4 is 10.8 Å². The van der Waals surface area contributed by atoms with Crippen molar-refractivity contribution in [2.75, 3.05) is 0 Å². The number of carbonyl (C=O) groups is 1. The van der Waals surface area contributed by atoms with Gasteiger partial charge in [-0.05, 0) is 26.8 Å². The number of hydrogen-bond donors (Lipinski definition) is 2. The van der Waals surface area contributed by atoms with Crippen molar-refractivity contribution in [3.05, 3.63) is 24.2 Å². The largest absolute Gasteiger partial charge is 0.444 e. The molecule has 0 saturated heterocycles. The van der Waals surface area contributed by atoms with Crippen molar-refractivity contribution in [3.8, 4) is 0 Å². The van der Waals surface area contributed by atoms with Crippen molar-refractivity contribution < 1.29 is 14.4 Å². The zero-order valence-electron chi connectivity index (χ0n) is 8.46. The van der Waals surface area contributed by atoms with Crippen LogP contribution in [0.15, 0.2) is 24.2 Å². The van der Waals surface area contributed by atoms with Crippen LogP contribution in [0.2, 0.25) is 0 Å². The molecule has 0 radical (unpaired) electrons. The highest BCUT2D eigenvalue weighted by Crippen LogP contribution is 2.07. The smallest absolute Gasteiger partial charge is 0.414 e. The van der Waals surface area contributed by atoms with Crippen LogP contribution in [-0.4, -0.2) is 11.7 Å². The second kappa shape index (κ2) is 4.04. The van der Waals surface area contributed by atoms with Crippen molar-refractivity contribution in [2.45, 2.75) is 26.4 Å². The predicted octanol–water partition coefficient (Wildman–Crippen LogP) is 1.40. The Hall–Kier alpha value is -1.65. The number of hydrogen-bond acceptors (Lipinski definition) is 4.